The van der Waals surface area contributed by atoms with E-state index in [-0.39, 0.29) is 13.2 Å². The van der Waals surface area contributed by atoms with E-state index in [1.165, 1.54) is 6.92 Å². The summed E-state index contributed by atoms with van der Waals surface area (Å²) < 4.78 is 10.6. The molecule has 0 fully saturated rings. The number of benzene rings is 1. The number of hydrogen-bond acceptors (Lipinski definition) is 5. The maximum absolute atomic E-state index is 13.3. The Balaban J connectivity index is 2.73. The number of ether oxygens (including phenoxy) is 2. The molecule has 7 nitrogen and oxygen atoms in total. The molecule has 1 heterocycles. The van der Waals surface area contributed by atoms with E-state index in [2.05, 4.69) is 17.2 Å². The van der Waals surface area contributed by atoms with Gasteiger partial charge in [0.05, 0.1) is 13.2 Å². The molecule has 0 radical (unpaired) electrons. The van der Waals surface area contributed by atoms with Crippen molar-refractivity contribution in [2.45, 2.75) is 64.8 Å². The summed E-state index contributed by atoms with van der Waals surface area (Å²) in [6, 6.07) is 7.67. The van der Waals surface area contributed by atoms with E-state index in [0.717, 1.165) is 35.7 Å². The number of H-pyrrole nitrogens is 1. The van der Waals surface area contributed by atoms with Gasteiger partial charge in [-0.1, -0.05) is 44.4 Å². The van der Waals surface area contributed by atoms with Gasteiger partial charge < -0.3 is 19.8 Å². The van der Waals surface area contributed by atoms with Crippen molar-refractivity contribution in [3.8, 4) is 0 Å². The Bertz CT molecular complexity index is 855. The number of para-hydroxylation sites is 1. The number of carbonyl (C=O) groups is 3. The van der Waals surface area contributed by atoms with Gasteiger partial charge in [-0.05, 0) is 31.9 Å². The lowest BCUT2D eigenvalue weighted by atomic mass is 9.75. The third-order valence-corrected chi connectivity index (χ3v) is 5.18. The lowest BCUT2D eigenvalue weighted by Gasteiger charge is -2.36. The summed E-state index contributed by atoms with van der Waals surface area (Å²) in [5.74, 6) is -2.76. The molecular formula is C23H32N2O5. The normalized spacial score (nSPS) is 12.4. The van der Waals surface area contributed by atoms with Crippen LogP contribution in [0.2, 0.25) is 0 Å². The summed E-state index contributed by atoms with van der Waals surface area (Å²) in [5, 5.41) is 3.53. The van der Waals surface area contributed by atoms with Crippen molar-refractivity contribution in [1.82, 2.24) is 10.3 Å². The van der Waals surface area contributed by atoms with Gasteiger partial charge in [0, 0.05) is 29.9 Å². The van der Waals surface area contributed by atoms with E-state index in [0.29, 0.717) is 6.42 Å². The largest absolute Gasteiger partial charge is 0.464 e. The van der Waals surface area contributed by atoms with Crippen molar-refractivity contribution < 1.29 is 23.9 Å². The average Bonchev–Trinajstić information content (AvgIpc) is 3.14. The molecule has 0 aliphatic carbocycles. The molecule has 0 saturated carbocycles. The highest BCUT2D eigenvalue weighted by Crippen LogP contribution is 2.39. The molecule has 2 aromatic rings. The first-order chi connectivity index (χ1) is 14.4. The zero-order chi connectivity index (χ0) is 22.1. The van der Waals surface area contributed by atoms with Crippen LogP contribution in [0.15, 0.2) is 30.5 Å². The molecule has 1 atom stereocenters. The summed E-state index contributed by atoms with van der Waals surface area (Å²) in [4.78, 5) is 42.0. The second-order valence-electron chi connectivity index (χ2n) is 7.27. The summed E-state index contributed by atoms with van der Waals surface area (Å²) >= 11 is 0. The predicted octanol–water partition coefficient (Wildman–Crippen LogP) is 3.83. The van der Waals surface area contributed by atoms with Crippen molar-refractivity contribution in [3.05, 3.63) is 36.0 Å². The van der Waals surface area contributed by atoms with Gasteiger partial charge in [-0.3, -0.25) is 4.79 Å². The molecule has 1 aromatic carbocycles. The highest BCUT2D eigenvalue weighted by atomic mass is 16.6. The van der Waals surface area contributed by atoms with Crippen LogP contribution >= 0.6 is 0 Å². The number of aromatic nitrogens is 1. The lowest BCUT2D eigenvalue weighted by molar-refractivity contribution is -0.169. The minimum Gasteiger partial charge on any atom is -0.464 e. The number of aromatic amines is 1. The van der Waals surface area contributed by atoms with E-state index >= 15 is 0 Å². The van der Waals surface area contributed by atoms with Gasteiger partial charge in [-0.15, -0.1) is 0 Å². The fourth-order valence-corrected chi connectivity index (χ4v) is 3.91. The van der Waals surface area contributed by atoms with Crippen LogP contribution in [0.3, 0.4) is 0 Å². The zero-order valence-electron chi connectivity index (χ0n) is 18.2. The lowest BCUT2D eigenvalue weighted by Crippen LogP contribution is -2.64. The number of amides is 1. The van der Waals surface area contributed by atoms with Crippen LogP contribution < -0.4 is 5.32 Å². The fraction of sp³-hybridized carbons (Fsp3) is 0.522. The van der Waals surface area contributed by atoms with Gasteiger partial charge in [-0.25, -0.2) is 9.59 Å². The van der Waals surface area contributed by atoms with E-state index in [9.17, 15) is 14.4 Å². The van der Waals surface area contributed by atoms with Crippen LogP contribution in [0, 0.1) is 0 Å². The van der Waals surface area contributed by atoms with Gasteiger partial charge >= 0.3 is 11.9 Å². The van der Waals surface area contributed by atoms with Gasteiger partial charge in [0.15, 0.2) is 0 Å². The molecular weight excluding hydrogens is 384 g/mol. The first-order valence-electron chi connectivity index (χ1n) is 10.6. The molecule has 0 bridgehead atoms. The molecule has 0 aliphatic rings. The monoisotopic (exact) mass is 416 g/mol. The van der Waals surface area contributed by atoms with Crippen molar-refractivity contribution in [1.29, 1.82) is 0 Å². The Hall–Kier alpha value is -2.83. The maximum Gasteiger partial charge on any atom is 0.344 e. The number of rotatable bonds is 11. The SMILES string of the molecule is CCCCCC(c1c[nH]c2ccccc12)C(NC(C)=O)(C(=O)OCC)C(=O)OCC. The van der Waals surface area contributed by atoms with Gasteiger partial charge in [0.1, 0.15) is 0 Å². The fourth-order valence-electron chi connectivity index (χ4n) is 3.91. The molecule has 30 heavy (non-hydrogen) atoms. The number of esters is 2. The standard InChI is InChI=1S/C23H32N2O5/c1-5-8-9-13-19(18-15-24-20-14-11-10-12-17(18)20)23(25-16(4)26,21(27)29-6-2)22(28)30-7-3/h10-12,14-15,19,24H,5-9,13H2,1-4H3,(H,25,26). The van der Waals surface area contributed by atoms with Crippen molar-refractivity contribution >= 4 is 28.7 Å². The highest BCUT2D eigenvalue weighted by molar-refractivity contribution is 6.09. The van der Waals surface area contributed by atoms with Crippen molar-refractivity contribution in [2.24, 2.45) is 0 Å². The molecule has 2 rings (SSSR count). The summed E-state index contributed by atoms with van der Waals surface area (Å²) in [6.45, 7) is 6.85. The highest BCUT2D eigenvalue weighted by Gasteiger charge is 2.56. The maximum atomic E-state index is 13.3. The number of hydrogen-bond donors (Lipinski definition) is 2. The molecule has 1 unspecified atom stereocenters. The number of fused-ring (bicyclic) bond motifs is 1. The predicted molar refractivity (Wildman–Crippen MR) is 115 cm³/mol. The first-order valence-corrected chi connectivity index (χ1v) is 10.6. The van der Waals surface area contributed by atoms with Crippen LogP contribution in [0.25, 0.3) is 10.9 Å². The minimum atomic E-state index is -1.96. The van der Waals surface area contributed by atoms with Crippen LogP contribution in [0.4, 0.5) is 0 Å². The topological polar surface area (TPSA) is 97.5 Å². The minimum absolute atomic E-state index is 0.0785. The van der Waals surface area contributed by atoms with E-state index in [1.807, 2.05) is 24.3 Å². The first kappa shape index (κ1) is 23.4. The van der Waals surface area contributed by atoms with Crippen LogP contribution in [0.1, 0.15) is 64.9 Å². The summed E-state index contributed by atoms with van der Waals surface area (Å²) in [7, 11) is 0. The third-order valence-electron chi connectivity index (χ3n) is 5.18. The molecule has 164 valence electrons. The van der Waals surface area contributed by atoms with Gasteiger partial charge in [0.2, 0.25) is 11.4 Å². The molecule has 0 spiro atoms. The Morgan fingerprint density at radius 2 is 1.67 bits per heavy atom. The van der Waals surface area contributed by atoms with E-state index < -0.39 is 29.3 Å². The smallest absolute Gasteiger partial charge is 0.344 e. The Morgan fingerprint density at radius 3 is 2.23 bits per heavy atom. The van der Waals surface area contributed by atoms with Crippen LogP contribution in [-0.4, -0.2) is 41.6 Å². The molecule has 1 amide bonds. The molecule has 7 heteroatoms. The number of nitrogens with one attached hydrogen (secondary N) is 2. The Labute approximate surface area is 177 Å². The summed E-state index contributed by atoms with van der Waals surface area (Å²) in [5.41, 5.74) is -0.301. The average molecular weight is 417 g/mol. The number of carbonyl (C=O) groups excluding carboxylic acids is 3. The molecule has 2 N–H and O–H groups in total. The van der Waals surface area contributed by atoms with Crippen molar-refractivity contribution in [2.75, 3.05) is 13.2 Å². The zero-order valence-corrected chi connectivity index (χ0v) is 18.2. The van der Waals surface area contributed by atoms with E-state index in [1.54, 1.807) is 20.0 Å². The third kappa shape index (κ3) is 4.83. The summed E-state index contributed by atoms with van der Waals surface area (Å²) in [6.07, 6.45) is 5.00. The van der Waals surface area contributed by atoms with Gasteiger partial charge in [-0.2, -0.15) is 0 Å². The second-order valence-corrected chi connectivity index (χ2v) is 7.27. The Kier molecular flexibility index (Phi) is 8.45. The molecule has 0 saturated heterocycles. The quantitative estimate of drug-likeness (QED) is 0.330. The van der Waals surface area contributed by atoms with Crippen LogP contribution in [-0.2, 0) is 23.9 Å². The molecule has 1 aromatic heterocycles. The molecule has 0 aliphatic heterocycles. The number of unbranched alkanes of at least 4 members (excludes halogenated alkanes) is 2. The van der Waals surface area contributed by atoms with Crippen molar-refractivity contribution in [3.63, 3.8) is 0 Å². The van der Waals surface area contributed by atoms with Crippen LogP contribution in [0.5, 0.6) is 0 Å². The Morgan fingerprint density at radius 1 is 1.03 bits per heavy atom. The second kappa shape index (κ2) is 10.8. The van der Waals surface area contributed by atoms with E-state index in [4.69, 9.17) is 9.47 Å². The van der Waals surface area contributed by atoms with Gasteiger partial charge in [0.25, 0.3) is 0 Å².